The molecule has 1 atom stereocenters. The molecule has 0 aliphatic carbocycles. The number of thioether (sulfide) groups is 1. The lowest BCUT2D eigenvalue weighted by Crippen LogP contribution is -2.46. The molecule has 21 heavy (non-hydrogen) atoms. The number of pyridine rings is 1. The van der Waals surface area contributed by atoms with Crippen molar-refractivity contribution in [3.8, 4) is 0 Å². The number of carbonyl (C=O) groups is 2. The van der Waals surface area contributed by atoms with Crippen molar-refractivity contribution < 1.29 is 14.3 Å². The number of carbonyl (C=O) groups excluding carboxylic acids is 2. The second-order valence-corrected chi connectivity index (χ2v) is 6.67. The predicted octanol–water partition coefficient (Wildman–Crippen LogP) is 2.33. The molecule has 2 heterocycles. The zero-order chi connectivity index (χ0) is 15.5. The number of amides is 2. The van der Waals surface area contributed by atoms with E-state index in [1.807, 2.05) is 0 Å². The minimum Gasteiger partial charge on any atom is -0.444 e. The van der Waals surface area contributed by atoms with Crippen LogP contribution in [0.1, 0.15) is 20.8 Å². The summed E-state index contributed by atoms with van der Waals surface area (Å²) in [5.74, 6) is 1.24. The van der Waals surface area contributed by atoms with Gasteiger partial charge in [-0.25, -0.2) is 9.78 Å². The first-order chi connectivity index (χ1) is 9.87. The Balaban J connectivity index is 2.01. The fourth-order valence-electron chi connectivity index (χ4n) is 1.81. The molecule has 1 saturated heterocycles. The van der Waals surface area contributed by atoms with Crippen LogP contribution in [0.3, 0.4) is 0 Å². The highest BCUT2D eigenvalue weighted by molar-refractivity contribution is 7.99. The first kappa shape index (κ1) is 15.6. The number of ether oxygens (including phenoxy) is 1. The van der Waals surface area contributed by atoms with E-state index in [4.69, 9.17) is 4.74 Å². The summed E-state index contributed by atoms with van der Waals surface area (Å²) in [4.78, 5) is 29.9. The van der Waals surface area contributed by atoms with Crippen molar-refractivity contribution in [1.29, 1.82) is 0 Å². The van der Waals surface area contributed by atoms with Gasteiger partial charge in [0, 0.05) is 11.9 Å². The van der Waals surface area contributed by atoms with E-state index >= 15 is 0 Å². The summed E-state index contributed by atoms with van der Waals surface area (Å²) in [5, 5.41) is 2.72. The summed E-state index contributed by atoms with van der Waals surface area (Å²) in [6, 6.07) is 4.73. The van der Waals surface area contributed by atoms with Crippen molar-refractivity contribution in [2.45, 2.75) is 32.4 Å². The Morgan fingerprint density at radius 3 is 2.81 bits per heavy atom. The maximum absolute atomic E-state index is 12.3. The molecule has 1 aromatic rings. The molecule has 0 bridgehead atoms. The van der Waals surface area contributed by atoms with Crippen molar-refractivity contribution in [3.63, 3.8) is 0 Å². The minimum atomic E-state index is -0.577. The molecule has 1 aliphatic heterocycles. The number of anilines is 1. The van der Waals surface area contributed by atoms with E-state index in [1.165, 1.54) is 16.7 Å². The summed E-state index contributed by atoms with van der Waals surface area (Å²) < 4.78 is 5.33. The van der Waals surface area contributed by atoms with Crippen LogP contribution >= 0.6 is 11.8 Å². The molecule has 114 valence electrons. The van der Waals surface area contributed by atoms with Crippen molar-refractivity contribution in [1.82, 2.24) is 9.88 Å². The summed E-state index contributed by atoms with van der Waals surface area (Å²) in [6.07, 6.45) is 1.14. The fraction of sp³-hybridized carbons (Fsp3) is 0.500. The molecule has 1 N–H and O–H groups in total. The topological polar surface area (TPSA) is 71.5 Å². The van der Waals surface area contributed by atoms with Gasteiger partial charge in [-0.2, -0.15) is 0 Å². The Morgan fingerprint density at radius 1 is 1.43 bits per heavy atom. The van der Waals surface area contributed by atoms with Crippen LogP contribution in [0, 0.1) is 0 Å². The molecule has 0 radical (unpaired) electrons. The van der Waals surface area contributed by atoms with Gasteiger partial charge >= 0.3 is 6.09 Å². The standard InChI is InChI=1S/C14H19N3O3S/c1-14(2,3)20-13(19)17-9-21-8-10(17)12(18)16-11-6-4-5-7-15-11/h4-7,10H,8-9H2,1-3H3,(H,15,16,18)/t10-/m0/s1. The number of nitrogens with one attached hydrogen (secondary N) is 1. The van der Waals surface area contributed by atoms with Gasteiger partial charge in [-0.1, -0.05) is 6.07 Å². The lowest BCUT2D eigenvalue weighted by Gasteiger charge is -2.27. The Hall–Kier alpha value is -1.76. The lowest BCUT2D eigenvalue weighted by molar-refractivity contribution is -0.120. The van der Waals surface area contributed by atoms with Gasteiger partial charge in [0.15, 0.2) is 0 Å². The number of hydrogen-bond acceptors (Lipinski definition) is 5. The van der Waals surface area contributed by atoms with Crippen LogP contribution in [0.15, 0.2) is 24.4 Å². The van der Waals surface area contributed by atoms with Crippen molar-refractivity contribution in [3.05, 3.63) is 24.4 Å². The third kappa shape index (κ3) is 4.35. The largest absolute Gasteiger partial charge is 0.444 e. The normalized spacial score (nSPS) is 18.4. The van der Waals surface area contributed by atoms with Gasteiger partial charge in [-0.15, -0.1) is 11.8 Å². The monoisotopic (exact) mass is 309 g/mol. The Bertz CT molecular complexity index is 516. The smallest absolute Gasteiger partial charge is 0.411 e. The zero-order valence-corrected chi connectivity index (χ0v) is 13.1. The SMILES string of the molecule is CC(C)(C)OC(=O)N1CSC[C@H]1C(=O)Nc1ccccn1. The average Bonchev–Trinajstić information content (AvgIpc) is 2.87. The predicted molar refractivity (Wildman–Crippen MR) is 82.1 cm³/mol. The minimum absolute atomic E-state index is 0.246. The van der Waals surface area contributed by atoms with E-state index in [-0.39, 0.29) is 5.91 Å². The molecule has 0 aromatic carbocycles. The van der Waals surface area contributed by atoms with Gasteiger partial charge in [-0.05, 0) is 32.9 Å². The first-order valence-electron chi connectivity index (χ1n) is 6.66. The molecule has 1 aromatic heterocycles. The van der Waals surface area contributed by atoms with Gasteiger partial charge in [0.2, 0.25) is 5.91 Å². The van der Waals surface area contributed by atoms with E-state index in [2.05, 4.69) is 10.3 Å². The summed E-state index contributed by atoms with van der Waals surface area (Å²) in [7, 11) is 0. The summed E-state index contributed by atoms with van der Waals surface area (Å²) >= 11 is 1.53. The van der Waals surface area contributed by atoms with Crippen LogP contribution in [0.25, 0.3) is 0 Å². The van der Waals surface area contributed by atoms with Gasteiger partial charge in [0.25, 0.3) is 0 Å². The van der Waals surface area contributed by atoms with Gasteiger partial charge in [0.05, 0.1) is 5.88 Å². The molecule has 0 spiro atoms. The van der Waals surface area contributed by atoms with E-state index in [0.29, 0.717) is 17.4 Å². The number of nitrogens with zero attached hydrogens (tertiary/aromatic N) is 2. The molecule has 2 amide bonds. The van der Waals surface area contributed by atoms with Gasteiger partial charge in [0.1, 0.15) is 17.5 Å². The number of hydrogen-bond donors (Lipinski definition) is 1. The van der Waals surface area contributed by atoms with E-state index in [0.717, 1.165) is 0 Å². The van der Waals surface area contributed by atoms with Crippen LogP contribution in [-0.4, -0.2) is 45.2 Å². The van der Waals surface area contributed by atoms with Crippen molar-refractivity contribution in [2.24, 2.45) is 0 Å². The highest BCUT2D eigenvalue weighted by Gasteiger charge is 2.37. The molecule has 2 rings (SSSR count). The first-order valence-corrected chi connectivity index (χ1v) is 7.81. The van der Waals surface area contributed by atoms with E-state index in [9.17, 15) is 9.59 Å². The molecule has 1 fully saturated rings. The van der Waals surface area contributed by atoms with Gasteiger partial charge < -0.3 is 10.1 Å². The Kier molecular flexibility index (Phi) is 4.72. The quantitative estimate of drug-likeness (QED) is 0.908. The lowest BCUT2D eigenvalue weighted by atomic mass is 10.2. The highest BCUT2D eigenvalue weighted by atomic mass is 32.2. The average molecular weight is 309 g/mol. The molecule has 0 unspecified atom stereocenters. The molecule has 6 nitrogen and oxygen atoms in total. The van der Waals surface area contributed by atoms with Crippen LogP contribution in [0.4, 0.5) is 10.6 Å². The maximum Gasteiger partial charge on any atom is 0.411 e. The fourth-order valence-corrected chi connectivity index (χ4v) is 2.95. The van der Waals surface area contributed by atoms with E-state index < -0.39 is 17.7 Å². The number of aromatic nitrogens is 1. The van der Waals surface area contributed by atoms with Crippen molar-refractivity contribution >= 4 is 29.6 Å². The highest BCUT2D eigenvalue weighted by Crippen LogP contribution is 2.24. The zero-order valence-electron chi connectivity index (χ0n) is 12.3. The third-order valence-electron chi connectivity index (χ3n) is 2.73. The van der Waals surface area contributed by atoms with Gasteiger partial charge in [-0.3, -0.25) is 9.69 Å². The second kappa shape index (κ2) is 6.34. The Labute approximate surface area is 128 Å². The molecular formula is C14H19N3O3S. The van der Waals surface area contributed by atoms with Crippen LogP contribution < -0.4 is 5.32 Å². The summed E-state index contributed by atoms with van der Waals surface area (Å²) in [6.45, 7) is 5.41. The van der Waals surface area contributed by atoms with Crippen molar-refractivity contribution in [2.75, 3.05) is 16.9 Å². The molecular weight excluding hydrogens is 290 g/mol. The number of rotatable bonds is 2. The second-order valence-electron chi connectivity index (χ2n) is 5.67. The van der Waals surface area contributed by atoms with E-state index in [1.54, 1.807) is 45.2 Å². The Morgan fingerprint density at radius 2 is 2.19 bits per heavy atom. The van der Waals surface area contributed by atoms with Crippen LogP contribution in [0.2, 0.25) is 0 Å². The third-order valence-corrected chi connectivity index (χ3v) is 3.74. The van der Waals surface area contributed by atoms with Crippen LogP contribution in [0.5, 0.6) is 0 Å². The summed E-state index contributed by atoms with van der Waals surface area (Å²) in [5.41, 5.74) is -0.577. The molecule has 1 aliphatic rings. The maximum atomic E-state index is 12.3. The molecule has 7 heteroatoms. The molecule has 0 saturated carbocycles. The van der Waals surface area contributed by atoms with Crippen LogP contribution in [-0.2, 0) is 9.53 Å².